The molecule has 1 unspecified atom stereocenters. The minimum Gasteiger partial charge on any atom is -0.465 e. The summed E-state index contributed by atoms with van der Waals surface area (Å²) in [4.78, 5) is 24.9. The standard InChI is InChI=1S/C24H25F3N2O6S/c1-13-10-14(2)21(15(3)11-13)36(32,33)28-18(24(25,26)27)12-29-17-9-7-6-8-16(17)19(22(30)34-4)20(29)23(31)35-5/h6-11,18,28H,12H2,1-5H3. The van der Waals surface area contributed by atoms with E-state index in [1.807, 2.05) is 0 Å². The second-order valence-corrected chi connectivity index (χ2v) is 9.93. The van der Waals surface area contributed by atoms with E-state index >= 15 is 0 Å². The number of ether oxygens (including phenoxy) is 2. The van der Waals surface area contributed by atoms with Crippen molar-refractivity contribution in [3.8, 4) is 0 Å². The van der Waals surface area contributed by atoms with Crippen LogP contribution >= 0.6 is 0 Å². The van der Waals surface area contributed by atoms with Gasteiger partial charge in [-0.05, 0) is 38.0 Å². The van der Waals surface area contributed by atoms with E-state index in [-0.39, 0.29) is 32.5 Å². The van der Waals surface area contributed by atoms with Crippen molar-refractivity contribution in [2.24, 2.45) is 0 Å². The molecule has 12 heteroatoms. The zero-order valence-electron chi connectivity index (χ0n) is 20.2. The Morgan fingerprint density at radius 2 is 1.56 bits per heavy atom. The molecule has 1 aromatic heterocycles. The number of nitrogens with zero attached hydrogens (tertiary/aromatic N) is 1. The molecule has 0 amide bonds. The van der Waals surface area contributed by atoms with Crippen molar-refractivity contribution < 1.29 is 40.7 Å². The summed E-state index contributed by atoms with van der Waals surface area (Å²) in [5, 5.41) is 0.152. The van der Waals surface area contributed by atoms with E-state index in [1.54, 1.807) is 23.8 Å². The molecule has 0 radical (unpaired) electrons. The molecular weight excluding hydrogens is 501 g/mol. The fourth-order valence-electron chi connectivity index (χ4n) is 4.34. The van der Waals surface area contributed by atoms with Crippen molar-refractivity contribution >= 4 is 32.9 Å². The van der Waals surface area contributed by atoms with Crippen LogP contribution in [0.3, 0.4) is 0 Å². The van der Waals surface area contributed by atoms with Gasteiger partial charge in [0.2, 0.25) is 10.0 Å². The van der Waals surface area contributed by atoms with E-state index in [2.05, 4.69) is 0 Å². The Bertz CT molecular complexity index is 1420. The van der Waals surface area contributed by atoms with E-state index in [0.717, 1.165) is 24.4 Å². The van der Waals surface area contributed by atoms with Gasteiger partial charge in [0.15, 0.2) is 0 Å². The number of carbonyl (C=O) groups is 2. The van der Waals surface area contributed by atoms with Crippen molar-refractivity contribution in [1.82, 2.24) is 9.29 Å². The molecule has 1 N–H and O–H groups in total. The summed E-state index contributed by atoms with van der Waals surface area (Å²) < 4.78 is 81.1. The minimum atomic E-state index is -5.05. The average Bonchev–Trinajstić information content (AvgIpc) is 3.10. The summed E-state index contributed by atoms with van der Waals surface area (Å²) in [6.07, 6.45) is -5.05. The summed E-state index contributed by atoms with van der Waals surface area (Å²) >= 11 is 0. The highest BCUT2D eigenvalue weighted by molar-refractivity contribution is 7.89. The molecule has 3 aromatic rings. The summed E-state index contributed by atoms with van der Waals surface area (Å²) in [5.41, 5.74) is 0.657. The fraction of sp³-hybridized carbons (Fsp3) is 0.333. The summed E-state index contributed by atoms with van der Waals surface area (Å²) in [7, 11) is -2.56. The lowest BCUT2D eigenvalue weighted by Gasteiger charge is -2.24. The van der Waals surface area contributed by atoms with E-state index in [0.29, 0.717) is 0 Å². The van der Waals surface area contributed by atoms with Gasteiger partial charge < -0.3 is 14.0 Å². The molecule has 0 saturated heterocycles. The van der Waals surface area contributed by atoms with Crippen LogP contribution in [0.1, 0.15) is 37.5 Å². The van der Waals surface area contributed by atoms with Gasteiger partial charge in [0, 0.05) is 17.4 Å². The zero-order valence-corrected chi connectivity index (χ0v) is 21.0. The lowest BCUT2D eigenvalue weighted by atomic mass is 10.1. The van der Waals surface area contributed by atoms with E-state index < -0.39 is 46.4 Å². The molecule has 3 rings (SSSR count). The Balaban J connectivity index is 2.20. The maximum absolute atomic E-state index is 14.2. The number of aryl methyl sites for hydroxylation is 3. The van der Waals surface area contributed by atoms with Crippen LogP contribution in [0.2, 0.25) is 0 Å². The maximum atomic E-state index is 14.2. The van der Waals surface area contributed by atoms with Crippen molar-refractivity contribution in [2.45, 2.75) is 44.4 Å². The largest absolute Gasteiger partial charge is 0.465 e. The summed E-state index contributed by atoms with van der Waals surface area (Å²) in [5.74, 6) is -2.04. The number of rotatable bonds is 7. The van der Waals surface area contributed by atoms with Crippen LogP contribution in [-0.2, 0) is 26.0 Å². The molecule has 0 aliphatic carbocycles. The van der Waals surface area contributed by atoms with Gasteiger partial charge in [-0.25, -0.2) is 18.0 Å². The number of esters is 2. The SMILES string of the molecule is COC(=O)c1c(C(=O)OC)n(CC(NS(=O)(=O)c2c(C)cc(C)cc2C)C(F)(F)F)c2ccccc12. The molecule has 1 heterocycles. The highest BCUT2D eigenvalue weighted by Gasteiger charge is 2.44. The Labute approximate surface area is 206 Å². The molecule has 0 bridgehead atoms. The molecule has 0 spiro atoms. The Hall–Kier alpha value is -3.38. The first-order valence-corrected chi connectivity index (χ1v) is 12.2. The van der Waals surface area contributed by atoms with E-state index in [4.69, 9.17) is 9.47 Å². The first-order valence-electron chi connectivity index (χ1n) is 10.7. The number of alkyl halides is 3. The average molecular weight is 527 g/mol. The predicted molar refractivity (Wildman–Crippen MR) is 125 cm³/mol. The van der Waals surface area contributed by atoms with Gasteiger partial charge in [-0.2, -0.15) is 17.9 Å². The summed E-state index contributed by atoms with van der Waals surface area (Å²) in [6, 6.07) is 6.36. The number of halogens is 3. The topological polar surface area (TPSA) is 104 Å². The lowest BCUT2D eigenvalue weighted by Crippen LogP contribution is -2.48. The number of para-hydroxylation sites is 1. The van der Waals surface area contributed by atoms with Gasteiger partial charge in [-0.15, -0.1) is 0 Å². The minimum absolute atomic E-state index is 0.0921. The van der Waals surface area contributed by atoms with Gasteiger partial charge in [0.1, 0.15) is 17.3 Å². The first-order chi connectivity index (χ1) is 16.7. The van der Waals surface area contributed by atoms with Crippen LogP contribution in [0.5, 0.6) is 0 Å². The highest BCUT2D eigenvalue weighted by Crippen LogP contribution is 2.32. The van der Waals surface area contributed by atoms with Crippen molar-refractivity contribution in [1.29, 1.82) is 0 Å². The molecule has 1 atom stereocenters. The zero-order chi connectivity index (χ0) is 27.0. The second-order valence-electron chi connectivity index (χ2n) is 8.28. The van der Waals surface area contributed by atoms with E-state index in [9.17, 15) is 31.2 Å². The number of nitrogens with one attached hydrogen (secondary N) is 1. The molecule has 0 aliphatic rings. The number of benzene rings is 2. The number of carbonyl (C=O) groups excluding carboxylic acids is 2. The quantitative estimate of drug-likeness (QED) is 0.466. The van der Waals surface area contributed by atoms with Gasteiger partial charge in [-0.1, -0.05) is 35.9 Å². The maximum Gasteiger partial charge on any atom is 0.406 e. The van der Waals surface area contributed by atoms with Crippen molar-refractivity contribution in [2.75, 3.05) is 14.2 Å². The molecule has 8 nitrogen and oxygen atoms in total. The number of hydrogen-bond acceptors (Lipinski definition) is 6. The molecule has 36 heavy (non-hydrogen) atoms. The highest BCUT2D eigenvalue weighted by atomic mass is 32.2. The normalized spacial score (nSPS) is 13.0. The predicted octanol–water partition coefficient (Wildman–Crippen LogP) is 4.05. The van der Waals surface area contributed by atoms with Crippen molar-refractivity contribution in [3.63, 3.8) is 0 Å². The van der Waals surface area contributed by atoms with Crippen LogP contribution in [0.4, 0.5) is 13.2 Å². The third kappa shape index (κ3) is 5.09. The third-order valence-electron chi connectivity index (χ3n) is 5.67. The van der Waals surface area contributed by atoms with Crippen LogP contribution in [0, 0.1) is 20.8 Å². The van der Waals surface area contributed by atoms with Crippen LogP contribution < -0.4 is 4.72 Å². The Morgan fingerprint density at radius 1 is 1.00 bits per heavy atom. The third-order valence-corrected chi connectivity index (χ3v) is 7.45. The molecule has 0 saturated carbocycles. The molecule has 194 valence electrons. The van der Waals surface area contributed by atoms with Crippen LogP contribution in [-0.4, -0.2) is 51.4 Å². The van der Waals surface area contributed by atoms with Gasteiger partial charge >= 0.3 is 18.1 Å². The number of hydrogen-bond donors (Lipinski definition) is 1. The lowest BCUT2D eigenvalue weighted by molar-refractivity contribution is -0.154. The van der Waals surface area contributed by atoms with Gasteiger partial charge in [0.05, 0.1) is 19.1 Å². The Kier molecular flexibility index (Phi) is 7.51. The first kappa shape index (κ1) is 27.2. The van der Waals surface area contributed by atoms with Crippen LogP contribution in [0.25, 0.3) is 10.9 Å². The molecule has 2 aromatic carbocycles. The van der Waals surface area contributed by atoms with E-state index in [1.165, 1.54) is 38.1 Å². The number of aromatic nitrogens is 1. The van der Waals surface area contributed by atoms with Crippen molar-refractivity contribution in [3.05, 3.63) is 64.3 Å². The monoisotopic (exact) mass is 526 g/mol. The van der Waals surface area contributed by atoms with Crippen LogP contribution in [0.15, 0.2) is 41.3 Å². The fourth-order valence-corrected chi connectivity index (χ4v) is 6.00. The number of fused-ring (bicyclic) bond motifs is 1. The smallest absolute Gasteiger partial charge is 0.406 e. The molecular formula is C24H25F3N2O6S. The number of methoxy groups -OCH3 is 2. The molecule has 0 aliphatic heterocycles. The molecule has 0 fully saturated rings. The summed E-state index contributed by atoms with van der Waals surface area (Å²) in [6.45, 7) is 3.69. The Morgan fingerprint density at radius 3 is 2.08 bits per heavy atom. The second kappa shape index (κ2) is 9.94. The number of sulfonamides is 1. The van der Waals surface area contributed by atoms with Gasteiger partial charge in [-0.3, -0.25) is 0 Å². The van der Waals surface area contributed by atoms with Gasteiger partial charge in [0.25, 0.3) is 0 Å².